The Kier molecular flexibility index (Phi) is 12.9. The Morgan fingerprint density at radius 3 is 1.34 bits per heavy atom. The first-order chi connectivity index (χ1) is 20.6. The van der Waals surface area contributed by atoms with Gasteiger partial charge in [-0.15, -0.1) is 0 Å². The highest BCUT2D eigenvalue weighted by atomic mass is 16.6. The number of hydrogen-bond acceptors (Lipinski definition) is 4. The summed E-state index contributed by atoms with van der Waals surface area (Å²) < 4.78 is 12.3. The van der Waals surface area contributed by atoms with E-state index in [1.54, 1.807) is 0 Å². The van der Waals surface area contributed by atoms with Gasteiger partial charge in [0, 0.05) is 0 Å². The molecule has 44 heavy (non-hydrogen) atoms. The Balaban J connectivity index is 0.000000245. The Bertz CT molecular complexity index is 880. The van der Waals surface area contributed by atoms with Crippen LogP contribution in [0.2, 0.25) is 0 Å². The molecule has 0 atom stereocenters. The molecule has 5 aliphatic carbocycles. The lowest BCUT2D eigenvalue weighted by atomic mass is 9.47. The largest absolute Gasteiger partial charge is 0.459 e. The topological polar surface area (TPSA) is 52.6 Å². The number of rotatable bonds is 14. The average Bonchev–Trinajstić information content (AvgIpc) is 3.00. The molecular formula is C40H72O4. The molecule has 0 aromatic carbocycles. The monoisotopic (exact) mass is 617 g/mol. The lowest BCUT2D eigenvalue weighted by Gasteiger charge is -2.59. The molecule has 0 aromatic heterocycles. The van der Waals surface area contributed by atoms with Crippen LogP contribution in [0.15, 0.2) is 0 Å². The second-order valence-electron chi connectivity index (χ2n) is 17.3. The van der Waals surface area contributed by atoms with Gasteiger partial charge in [0.15, 0.2) is 0 Å². The van der Waals surface area contributed by atoms with E-state index < -0.39 is 0 Å². The Morgan fingerprint density at radius 1 is 0.591 bits per heavy atom. The summed E-state index contributed by atoms with van der Waals surface area (Å²) in [4.78, 5) is 25.2. The summed E-state index contributed by atoms with van der Waals surface area (Å²) in [7, 11) is 0. The predicted molar refractivity (Wildman–Crippen MR) is 183 cm³/mol. The first-order valence-electron chi connectivity index (χ1n) is 19.1. The maximum atomic E-state index is 12.8. The first kappa shape index (κ1) is 37.4. The van der Waals surface area contributed by atoms with Gasteiger partial charge in [0.25, 0.3) is 0 Å². The zero-order chi connectivity index (χ0) is 32.8. The molecule has 5 rings (SSSR count). The number of hydrogen-bond donors (Lipinski definition) is 0. The van der Waals surface area contributed by atoms with Crippen LogP contribution in [0.1, 0.15) is 191 Å². The van der Waals surface area contributed by atoms with Crippen LogP contribution in [-0.4, -0.2) is 23.1 Å². The number of esters is 2. The van der Waals surface area contributed by atoms with Crippen molar-refractivity contribution in [2.24, 2.45) is 39.9 Å². The van der Waals surface area contributed by atoms with E-state index in [0.29, 0.717) is 5.41 Å². The lowest BCUT2D eigenvalue weighted by Crippen LogP contribution is -2.51. The highest BCUT2D eigenvalue weighted by Crippen LogP contribution is 2.63. The molecule has 5 saturated carbocycles. The fraction of sp³-hybridized carbons (Fsp3) is 0.950. The summed E-state index contributed by atoms with van der Waals surface area (Å²) in [5, 5.41) is 0. The van der Waals surface area contributed by atoms with E-state index in [9.17, 15) is 9.59 Å². The lowest BCUT2D eigenvalue weighted by molar-refractivity contribution is -0.181. The molecule has 5 fully saturated rings. The SMILES string of the molecule is CCC(CC)(CC12CC3CC(CC(C3)C1)C2)OC(=O)C(C)(C)CC.CCC(CC)(CC1CCCCC1)OC(=O)C(C)(C)CC. The van der Waals surface area contributed by atoms with Crippen molar-refractivity contribution in [2.45, 2.75) is 202 Å². The highest BCUT2D eigenvalue weighted by Gasteiger charge is 2.54. The van der Waals surface area contributed by atoms with Gasteiger partial charge < -0.3 is 9.47 Å². The molecule has 5 aliphatic rings. The van der Waals surface area contributed by atoms with Crippen molar-refractivity contribution in [1.29, 1.82) is 0 Å². The number of carbonyl (C=O) groups excluding carboxylic acids is 2. The van der Waals surface area contributed by atoms with Crippen LogP contribution < -0.4 is 0 Å². The molecule has 0 N–H and O–H groups in total. The van der Waals surface area contributed by atoms with Gasteiger partial charge in [-0.25, -0.2) is 0 Å². The molecule has 0 radical (unpaired) electrons. The summed E-state index contributed by atoms with van der Waals surface area (Å²) in [6, 6.07) is 0. The van der Waals surface area contributed by atoms with Crippen molar-refractivity contribution in [3.63, 3.8) is 0 Å². The average molecular weight is 617 g/mol. The molecule has 0 amide bonds. The predicted octanol–water partition coefficient (Wildman–Crippen LogP) is 11.6. The molecule has 0 saturated heterocycles. The second kappa shape index (κ2) is 15.2. The Morgan fingerprint density at radius 2 is 0.977 bits per heavy atom. The molecular weight excluding hydrogens is 544 g/mol. The van der Waals surface area contributed by atoms with Crippen LogP contribution in [0.3, 0.4) is 0 Å². The number of ether oxygens (including phenoxy) is 2. The van der Waals surface area contributed by atoms with Gasteiger partial charge in [-0.2, -0.15) is 0 Å². The van der Waals surface area contributed by atoms with Crippen LogP contribution in [0.5, 0.6) is 0 Å². The minimum atomic E-state index is -0.364. The van der Waals surface area contributed by atoms with Crippen LogP contribution in [0.25, 0.3) is 0 Å². The standard InChI is InChI=1S/C22H38O2.C18H34O2/c1-6-20(4,5)19(23)24-22(7-2,8-3)15-21-12-16-9-17(13-21)11-18(10-16)14-21;1-6-17(4,5)16(19)20-18(7-2,8-3)14-15-12-10-9-11-13-15/h16-18H,6-15H2,1-5H3;15H,6-14H2,1-5H3. The van der Waals surface area contributed by atoms with Gasteiger partial charge in [0.05, 0.1) is 10.8 Å². The third kappa shape index (κ3) is 9.05. The van der Waals surface area contributed by atoms with Crippen LogP contribution in [0, 0.1) is 39.9 Å². The summed E-state index contributed by atoms with van der Waals surface area (Å²) in [6.45, 7) is 20.9. The third-order valence-electron chi connectivity index (χ3n) is 13.3. The van der Waals surface area contributed by atoms with Crippen molar-refractivity contribution in [1.82, 2.24) is 0 Å². The molecule has 256 valence electrons. The normalized spacial score (nSPS) is 27.5. The quantitative estimate of drug-likeness (QED) is 0.182. The fourth-order valence-corrected chi connectivity index (χ4v) is 9.47. The van der Waals surface area contributed by atoms with Gasteiger partial charge in [-0.05, 0) is 147 Å². The Labute approximate surface area is 273 Å². The molecule has 0 spiro atoms. The molecule has 4 bridgehead atoms. The van der Waals surface area contributed by atoms with E-state index in [2.05, 4.69) is 41.5 Å². The second-order valence-corrected chi connectivity index (χ2v) is 17.3. The van der Waals surface area contributed by atoms with Gasteiger partial charge in [-0.3, -0.25) is 9.59 Å². The first-order valence-corrected chi connectivity index (χ1v) is 19.1. The number of carbonyl (C=O) groups is 2. The highest BCUT2D eigenvalue weighted by molar-refractivity contribution is 5.76. The molecule has 0 aromatic rings. The molecule has 0 heterocycles. The van der Waals surface area contributed by atoms with E-state index >= 15 is 0 Å². The van der Waals surface area contributed by atoms with E-state index in [1.165, 1.54) is 70.6 Å². The van der Waals surface area contributed by atoms with Crippen molar-refractivity contribution in [2.75, 3.05) is 0 Å². The minimum absolute atomic E-state index is 0.0124. The van der Waals surface area contributed by atoms with Gasteiger partial charge >= 0.3 is 11.9 Å². The minimum Gasteiger partial charge on any atom is -0.459 e. The maximum Gasteiger partial charge on any atom is 0.312 e. The van der Waals surface area contributed by atoms with Gasteiger partial charge in [-0.1, -0.05) is 73.6 Å². The van der Waals surface area contributed by atoms with Crippen LogP contribution >= 0.6 is 0 Å². The van der Waals surface area contributed by atoms with Gasteiger partial charge in [0.2, 0.25) is 0 Å². The summed E-state index contributed by atoms with van der Waals surface area (Å²) in [6.07, 6.45) is 23.0. The summed E-state index contributed by atoms with van der Waals surface area (Å²) in [5.41, 5.74) is -0.725. The van der Waals surface area contributed by atoms with Crippen molar-refractivity contribution in [3.8, 4) is 0 Å². The van der Waals surface area contributed by atoms with E-state index in [-0.39, 0.29) is 34.0 Å². The van der Waals surface area contributed by atoms with Crippen molar-refractivity contribution < 1.29 is 19.1 Å². The molecule has 0 unspecified atom stereocenters. The summed E-state index contributed by atoms with van der Waals surface area (Å²) >= 11 is 0. The molecule has 4 heteroatoms. The van der Waals surface area contributed by atoms with Crippen LogP contribution in [0.4, 0.5) is 0 Å². The Hall–Kier alpha value is -1.06. The zero-order valence-electron chi connectivity index (χ0n) is 30.9. The summed E-state index contributed by atoms with van der Waals surface area (Å²) in [5.74, 6) is 3.64. The van der Waals surface area contributed by atoms with Crippen LogP contribution in [-0.2, 0) is 19.1 Å². The fourth-order valence-electron chi connectivity index (χ4n) is 9.47. The molecule has 4 nitrogen and oxygen atoms in total. The molecule has 0 aliphatic heterocycles. The van der Waals surface area contributed by atoms with Gasteiger partial charge in [0.1, 0.15) is 11.2 Å². The third-order valence-corrected chi connectivity index (χ3v) is 13.3. The van der Waals surface area contributed by atoms with Crippen molar-refractivity contribution >= 4 is 11.9 Å². The van der Waals surface area contributed by atoms with Crippen molar-refractivity contribution in [3.05, 3.63) is 0 Å². The van der Waals surface area contributed by atoms with E-state index in [4.69, 9.17) is 9.47 Å². The zero-order valence-corrected chi connectivity index (χ0v) is 30.9. The van der Waals surface area contributed by atoms with E-state index in [0.717, 1.165) is 75.0 Å². The maximum absolute atomic E-state index is 12.8. The van der Waals surface area contributed by atoms with E-state index in [1.807, 2.05) is 27.7 Å². The smallest absolute Gasteiger partial charge is 0.312 e.